The number of hydrogen-bond acceptors (Lipinski definition) is 4. The van der Waals surface area contributed by atoms with E-state index in [1.54, 1.807) is 13.0 Å². The maximum atomic E-state index is 12.8. The van der Waals surface area contributed by atoms with Crippen molar-refractivity contribution in [3.63, 3.8) is 0 Å². The molecular weight excluding hydrogens is 353 g/mol. The molecule has 2 aromatic rings. The summed E-state index contributed by atoms with van der Waals surface area (Å²) in [5.41, 5.74) is 0.526. The number of anilines is 1. The Hall–Kier alpha value is -1.93. The zero-order valence-electron chi connectivity index (χ0n) is 13.5. The Labute approximate surface area is 147 Å². The Morgan fingerprint density at radius 3 is 2.92 bits per heavy atom. The number of aromatic nitrogens is 1. The molecule has 0 spiro atoms. The van der Waals surface area contributed by atoms with E-state index in [9.17, 15) is 18.0 Å². The van der Waals surface area contributed by atoms with Crippen LogP contribution in [0.4, 0.5) is 18.2 Å². The summed E-state index contributed by atoms with van der Waals surface area (Å²) in [6.45, 7) is 2.77. The van der Waals surface area contributed by atoms with Gasteiger partial charge in [-0.3, -0.25) is 4.79 Å². The molecule has 4 nitrogen and oxygen atoms in total. The van der Waals surface area contributed by atoms with Gasteiger partial charge in [0.2, 0.25) is 5.91 Å². The number of amides is 1. The number of aryl methyl sites for hydroxylation is 1. The van der Waals surface area contributed by atoms with Gasteiger partial charge in [-0.05, 0) is 25.0 Å². The SMILES string of the molecule is Cc1nc(Cc2cccc(C(F)(F)F)c2)sc1NC(=O)C1CCOC1. The number of rotatable bonds is 4. The van der Waals surface area contributed by atoms with Gasteiger partial charge in [-0.15, -0.1) is 11.3 Å². The van der Waals surface area contributed by atoms with E-state index in [4.69, 9.17) is 4.74 Å². The highest BCUT2D eigenvalue weighted by molar-refractivity contribution is 7.16. The van der Waals surface area contributed by atoms with E-state index in [1.165, 1.54) is 17.4 Å². The minimum atomic E-state index is -4.36. The van der Waals surface area contributed by atoms with Gasteiger partial charge in [0.05, 0.1) is 28.8 Å². The van der Waals surface area contributed by atoms with Crippen molar-refractivity contribution >= 4 is 22.2 Å². The van der Waals surface area contributed by atoms with E-state index in [0.29, 0.717) is 40.9 Å². The molecule has 1 unspecified atom stereocenters. The van der Waals surface area contributed by atoms with Crippen molar-refractivity contribution in [2.45, 2.75) is 25.9 Å². The van der Waals surface area contributed by atoms with Gasteiger partial charge in [-0.25, -0.2) is 4.98 Å². The lowest BCUT2D eigenvalue weighted by atomic mass is 10.1. The Bertz CT molecular complexity index is 767. The van der Waals surface area contributed by atoms with Gasteiger partial charge in [0.25, 0.3) is 0 Å². The number of hydrogen-bond donors (Lipinski definition) is 1. The number of benzene rings is 1. The molecule has 1 amide bonds. The maximum Gasteiger partial charge on any atom is 0.416 e. The Morgan fingerprint density at radius 1 is 1.44 bits per heavy atom. The fourth-order valence-electron chi connectivity index (χ4n) is 2.63. The molecule has 2 heterocycles. The summed E-state index contributed by atoms with van der Waals surface area (Å²) in [4.78, 5) is 16.5. The number of nitrogens with one attached hydrogen (secondary N) is 1. The number of halogens is 3. The Kier molecular flexibility index (Phi) is 5.10. The first-order chi connectivity index (χ1) is 11.8. The van der Waals surface area contributed by atoms with E-state index in [-0.39, 0.29) is 18.2 Å². The molecule has 3 rings (SSSR count). The first-order valence-electron chi connectivity index (χ1n) is 7.84. The van der Waals surface area contributed by atoms with Crippen molar-refractivity contribution in [2.24, 2.45) is 5.92 Å². The number of alkyl halides is 3. The largest absolute Gasteiger partial charge is 0.416 e. The van der Waals surface area contributed by atoms with Gasteiger partial charge in [0, 0.05) is 13.0 Å². The van der Waals surface area contributed by atoms with Gasteiger partial charge >= 0.3 is 6.18 Å². The summed E-state index contributed by atoms with van der Waals surface area (Å²) in [6, 6.07) is 5.21. The van der Waals surface area contributed by atoms with Crippen molar-refractivity contribution in [2.75, 3.05) is 18.5 Å². The first kappa shape index (κ1) is 17.9. The number of carbonyl (C=O) groups is 1. The van der Waals surface area contributed by atoms with Crippen LogP contribution in [0.2, 0.25) is 0 Å². The zero-order chi connectivity index (χ0) is 18.0. The van der Waals surface area contributed by atoms with Crippen LogP contribution in [-0.2, 0) is 22.1 Å². The molecule has 0 radical (unpaired) electrons. The molecule has 134 valence electrons. The highest BCUT2D eigenvalue weighted by Crippen LogP contribution is 2.31. The van der Waals surface area contributed by atoms with E-state index < -0.39 is 11.7 Å². The lowest BCUT2D eigenvalue weighted by Gasteiger charge is -2.08. The van der Waals surface area contributed by atoms with Gasteiger partial charge in [-0.2, -0.15) is 13.2 Å². The van der Waals surface area contributed by atoms with Crippen LogP contribution < -0.4 is 5.32 Å². The van der Waals surface area contributed by atoms with Gasteiger partial charge in [0.1, 0.15) is 5.00 Å². The molecule has 1 N–H and O–H groups in total. The molecule has 8 heteroatoms. The van der Waals surface area contributed by atoms with E-state index >= 15 is 0 Å². The van der Waals surface area contributed by atoms with Crippen molar-refractivity contribution < 1.29 is 22.7 Å². The third kappa shape index (κ3) is 4.38. The van der Waals surface area contributed by atoms with Crippen LogP contribution in [0.3, 0.4) is 0 Å². The summed E-state index contributed by atoms with van der Waals surface area (Å²) in [6.07, 6.45) is -3.38. The summed E-state index contributed by atoms with van der Waals surface area (Å²) < 4.78 is 43.6. The molecule has 1 saturated heterocycles. The van der Waals surface area contributed by atoms with Gasteiger partial charge in [-0.1, -0.05) is 18.2 Å². The van der Waals surface area contributed by atoms with Crippen LogP contribution >= 0.6 is 11.3 Å². The second-order valence-corrected chi connectivity index (χ2v) is 7.03. The van der Waals surface area contributed by atoms with Crippen LogP contribution in [-0.4, -0.2) is 24.1 Å². The molecule has 1 aliphatic rings. The molecule has 0 aliphatic carbocycles. The molecule has 1 atom stereocenters. The second kappa shape index (κ2) is 7.13. The molecule has 0 saturated carbocycles. The molecule has 1 fully saturated rings. The minimum Gasteiger partial charge on any atom is -0.381 e. The summed E-state index contributed by atoms with van der Waals surface area (Å²) in [5.74, 6) is -0.261. The number of thiazole rings is 1. The second-order valence-electron chi connectivity index (χ2n) is 5.95. The average Bonchev–Trinajstić information content (AvgIpc) is 3.17. The average molecular weight is 370 g/mol. The summed E-state index contributed by atoms with van der Waals surface area (Å²) in [5, 5.41) is 4.15. The normalized spacial score (nSPS) is 17.7. The number of carbonyl (C=O) groups excluding carboxylic acids is 1. The highest BCUT2D eigenvalue weighted by Gasteiger charge is 2.30. The monoisotopic (exact) mass is 370 g/mol. The fraction of sp³-hybridized carbons (Fsp3) is 0.412. The topological polar surface area (TPSA) is 51.2 Å². The van der Waals surface area contributed by atoms with Crippen LogP contribution in [0, 0.1) is 12.8 Å². The van der Waals surface area contributed by atoms with Crippen molar-refractivity contribution in [1.82, 2.24) is 4.98 Å². The number of nitrogens with zero attached hydrogens (tertiary/aromatic N) is 1. The van der Waals surface area contributed by atoms with Crippen molar-refractivity contribution in [3.05, 3.63) is 46.1 Å². The third-order valence-electron chi connectivity index (χ3n) is 3.99. The van der Waals surface area contributed by atoms with Crippen LogP contribution in [0.1, 0.15) is 28.2 Å². The quantitative estimate of drug-likeness (QED) is 0.884. The maximum absolute atomic E-state index is 12.8. The van der Waals surface area contributed by atoms with Crippen LogP contribution in [0.15, 0.2) is 24.3 Å². The van der Waals surface area contributed by atoms with Crippen LogP contribution in [0.5, 0.6) is 0 Å². The molecular formula is C17H17F3N2O2S. The fourth-order valence-corrected chi connectivity index (χ4v) is 3.63. The lowest BCUT2D eigenvalue weighted by Crippen LogP contribution is -2.22. The summed E-state index contributed by atoms with van der Waals surface area (Å²) in [7, 11) is 0. The van der Waals surface area contributed by atoms with Gasteiger partial charge in [0.15, 0.2) is 0 Å². The predicted molar refractivity (Wildman–Crippen MR) is 88.7 cm³/mol. The molecule has 1 aromatic heterocycles. The molecule has 25 heavy (non-hydrogen) atoms. The highest BCUT2D eigenvalue weighted by atomic mass is 32.1. The Balaban J connectivity index is 1.71. The molecule has 0 bridgehead atoms. The van der Waals surface area contributed by atoms with Crippen LogP contribution in [0.25, 0.3) is 0 Å². The zero-order valence-corrected chi connectivity index (χ0v) is 14.3. The Morgan fingerprint density at radius 2 is 2.24 bits per heavy atom. The standard InChI is InChI=1S/C17H17F3N2O2S/c1-10-16(22-15(23)12-5-6-24-9-12)25-14(21-10)8-11-3-2-4-13(7-11)17(18,19)20/h2-4,7,12H,5-6,8-9H2,1H3,(H,22,23). The lowest BCUT2D eigenvalue weighted by molar-refractivity contribution is -0.137. The molecule has 1 aliphatic heterocycles. The van der Waals surface area contributed by atoms with E-state index in [0.717, 1.165) is 12.1 Å². The predicted octanol–water partition coefficient (Wildman–Crippen LogP) is 4.04. The number of ether oxygens (including phenoxy) is 1. The summed E-state index contributed by atoms with van der Waals surface area (Å²) >= 11 is 1.29. The van der Waals surface area contributed by atoms with E-state index in [1.807, 2.05) is 0 Å². The first-order valence-corrected chi connectivity index (χ1v) is 8.65. The van der Waals surface area contributed by atoms with E-state index in [2.05, 4.69) is 10.3 Å². The minimum absolute atomic E-state index is 0.102. The van der Waals surface area contributed by atoms with Gasteiger partial charge < -0.3 is 10.1 Å². The molecule has 1 aromatic carbocycles. The van der Waals surface area contributed by atoms with Crippen molar-refractivity contribution in [3.8, 4) is 0 Å². The van der Waals surface area contributed by atoms with Crippen molar-refractivity contribution in [1.29, 1.82) is 0 Å². The smallest absolute Gasteiger partial charge is 0.381 e. The third-order valence-corrected chi connectivity index (χ3v) is 5.06.